The highest BCUT2D eigenvalue weighted by Gasteiger charge is 2.27. The average Bonchev–Trinajstić information content (AvgIpc) is 3.18. The maximum Gasteiger partial charge on any atom is 0.270 e. The van der Waals surface area contributed by atoms with Crippen LogP contribution < -0.4 is 5.43 Å². The first kappa shape index (κ1) is 13.6. The van der Waals surface area contributed by atoms with Crippen molar-refractivity contribution in [2.24, 2.45) is 0 Å². The van der Waals surface area contributed by atoms with E-state index in [1.54, 1.807) is 12.1 Å². The number of benzene rings is 2. The van der Waals surface area contributed by atoms with Gasteiger partial charge in [-0.1, -0.05) is 24.3 Å². The van der Waals surface area contributed by atoms with Gasteiger partial charge < -0.3 is 0 Å². The second kappa shape index (κ2) is 4.88. The molecule has 0 heterocycles. The number of hydrogen-bond acceptors (Lipinski definition) is 5. The van der Waals surface area contributed by atoms with E-state index in [1.807, 2.05) is 0 Å². The van der Waals surface area contributed by atoms with Crippen LogP contribution in [0.5, 0.6) is 0 Å². The molecular formula is C15H8N2O5. The summed E-state index contributed by atoms with van der Waals surface area (Å²) in [6.45, 7) is 0. The Bertz CT molecular complexity index is 849. The van der Waals surface area contributed by atoms with Crippen molar-refractivity contribution in [3.05, 3.63) is 79.0 Å². The smallest absolute Gasteiger partial charge is 0.270 e. The topological polar surface area (TPSA) is 103 Å². The number of rotatable bonds is 4. The van der Waals surface area contributed by atoms with Crippen LogP contribution in [0, 0.1) is 20.2 Å². The fourth-order valence-electron chi connectivity index (χ4n) is 2.27. The molecule has 22 heavy (non-hydrogen) atoms. The van der Waals surface area contributed by atoms with Crippen molar-refractivity contribution in [2.75, 3.05) is 0 Å². The molecule has 0 bridgehead atoms. The van der Waals surface area contributed by atoms with Gasteiger partial charge >= 0.3 is 0 Å². The van der Waals surface area contributed by atoms with Crippen molar-refractivity contribution in [1.29, 1.82) is 0 Å². The van der Waals surface area contributed by atoms with E-state index in [0.29, 0.717) is 22.3 Å². The van der Waals surface area contributed by atoms with E-state index < -0.39 is 9.85 Å². The molecule has 108 valence electrons. The van der Waals surface area contributed by atoms with Crippen molar-refractivity contribution in [2.45, 2.75) is 0 Å². The third kappa shape index (κ3) is 2.24. The average molecular weight is 296 g/mol. The summed E-state index contributed by atoms with van der Waals surface area (Å²) in [4.78, 5) is 32.4. The van der Waals surface area contributed by atoms with Crippen LogP contribution in [-0.4, -0.2) is 9.85 Å². The number of hydrogen-bond donors (Lipinski definition) is 0. The largest absolute Gasteiger partial charge is 0.289 e. The third-order valence-corrected chi connectivity index (χ3v) is 3.33. The van der Waals surface area contributed by atoms with Gasteiger partial charge in [-0.05, 0) is 11.1 Å². The van der Waals surface area contributed by atoms with Crippen molar-refractivity contribution in [3.63, 3.8) is 0 Å². The molecule has 0 aromatic heterocycles. The zero-order valence-corrected chi connectivity index (χ0v) is 11.1. The monoisotopic (exact) mass is 296 g/mol. The van der Waals surface area contributed by atoms with E-state index >= 15 is 0 Å². The summed E-state index contributed by atoms with van der Waals surface area (Å²) < 4.78 is 0. The Morgan fingerprint density at radius 2 is 1.14 bits per heavy atom. The first-order valence-electron chi connectivity index (χ1n) is 6.27. The molecule has 0 saturated carbocycles. The number of nitro benzene ring substituents is 2. The lowest BCUT2D eigenvalue weighted by Crippen LogP contribution is -1.87. The molecule has 0 aliphatic rings. The zero-order chi connectivity index (χ0) is 15.9. The van der Waals surface area contributed by atoms with E-state index in [4.69, 9.17) is 0 Å². The van der Waals surface area contributed by atoms with Gasteiger partial charge in [0, 0.05) is 35.4 Å². The molecule has 0 aliphatic carbocycles. The molecule has 0 spiro atoms. The Labute approximate surface area is 123 Å². The van der Waals surface area contributed by atoms with Gasteiger partial charge in [-0.25, -0.2) is 0 Å². The van der Waals surface area contributed by atoms with Gasteiger partial charge in [-0.3, -0.25) is 25.0 Å². The molecule has 7 nitrogen and oxygen atoms in total. The lowest BCUT2D eigenvalue weighted by molar-refractivity contribution is -0.385. The fraction of sp³-hybridized carbons (Fsp3) is 0. The summed E-state index contributed by atoms with van der Waals surface area (Å²) in [5.41, 5.74) is 1.15. The number of nitrogens with zero attached hydrogens (tertiary/aromatic N) is 2. The minimum absolute atomic E-state index is 0.108. The normalized spacial score (nSPS) is 10.7. The predicted octanol–water partition coefficient (Wildman–Crippen LogP) is 3.07. The highest BCUT2D eigenvalue weighted by Crippen LogP contribution is 2.36. The van der Waals surface area contributed by atoms with Gasteiger partial charge in [-0.15, -0.1) is 0 Å². The zero-order valence-electron chi connectivity index (χ0n) is 11.1. The lowest BCUT2D eigenvalue weighted by atomic mass is 10.1. The first-order chi connectivity index (χ1) is 10.5. The van der Waals surface area contributed by atoms with Crippen molar-refractivity contribution >= 4 is 11.4 Å². The standard InChI is InChI=1S/C15H8N2O5/c18-15-13(9-3-1-5-11(7-9)16(19)20)14(15)10-4-2-6-12(8-10)17(21)22/h1-8H. The van der Waals surface area contributed by atoms with Gasteiger partial charge in [0.15, 0.2) is 5.43 Å². The summed E-state index contributed by atoms with van der Waals surface area (Å²) in [7, 11) is 0. The van der Waals surface area contributed by atoms with Crippen LogP contribution in [0.15, 0.2) is 53.3 Å². The molecule has 7 heteroatoms. The molecule has 0 amide bonds. The highest BCUT2D eigenvalue weighted by molar-refractivity contribution is 5.94. The Morgan fingerprint density at radius 3 is 1.50 bits per heavy atom. The Kier molecular flexibility index (Phi) is 3.03. The molecule has 3 aromatic carbocycles. The van der Waals surface area contributed by atoms with Crippen LogP contribution in [0.4, 0.5) is 11.4 Å². The molecule has 0 radical (unpaired) electrons. The molecule has 0 N–H and O–H groups in total. The SMILES string of the molecule is O=c1c(-c2cccc([N+](=O)[O-])c2)c1-c1cccc([N+](=O)[O-])c1. The van der Waals surface area contributed by atoms with E-state index in [9.17, 15) is 25.0 Å². The van der Waals surface area contributed by atoms with Crippen LogP contribution >= 0.6 is 0 Å². The van der Waals surface area contributed by atoms with Crippen LogP contribution in [0.1, 0.15) is 0 Å². The van der Waals surface area contributed by atoms with Gasteiger partial charge in [0.2, 0.25) is 0 Å². The van der Waals surface area contributed by atoms with E-state index in [1.165, 1.54) is 36.4 Å². The highest BCUT2D eigenvalue weighted by atomic mass is 16.6. The number of non-ortho nitro benzene ring substituents is 2. The van der Waals surface area contributed by atoms with Gasteiger partial charge in [0.05, 0.1) is 9.85 Å². The number of nitro groups is 2. The van der Waals surface area contributed by atoms with Crippen molar-refractivity contribution in [1.82, 2.24) is 0 Å². The van der Waals surface area contributed by atoms with E-state index in [-0.39, 0.29) is 16.8 Å². The minimum Gasteiger partial charge on any atom is -0.289 e. The van der Waals surface area contributed by atoms with Crippen LogP contribution in [-0.2, 0) is 0 Å². The summed E-state index contributed by atoms with van der Waals surface area (Å²) in [6, 6.07) is 11.5. The molecule has 0 unspecified atom stereocenters. The summed E-state index contributed by atoms with van der Waals surface area (Å²) in [5, 5.41) is 21.6. The second-order valence-electron chi connectivity index (χ2n) is 4.69. The molecule has 0 atom stereocenters. The molecule has 0 fully saturated rings. The first-order valence-corrected chi connectivity index (χ1v) is 6.27. The van der Waals surface area contributed by atoms with Crippen molar-refractivity contribution in [3.8, 4) is 22.3 Å². The Balaban J connectivity index is 2.03. The molecule has 0 saturated heterocycles. The van der Waals surface area contributed by atoms with Gasteiger partial charge in [0.1, 0.15) is 0 Å². The molecule has 0 aliphatic heterocycles. The maximum absolute atomic E-state index is 12.0. The van der Waals surface area contributed by atoms with Crippen molar-refractivity contribution < 1.29 is 9.85 Å². The molecule has 3 aromatic rings. The lowest BCUT2D eigenvalue weighted by Gasteiger charge is -1.96. The Hall–Kier alpha value is -3.35. The summed E-state index contributed by atoms with van der Waals surface area (Å²) in [5.74, 6) is 0. The molecule has 3 rings (SSSR count). The van der Waals surface area contributed by atoms with Gasteiger partial charge in [0.25, 0.3) is 11.4 Å². The van der Waals surface area contributed by atoms with Crippen LogP contribution in [0.25, 0.3) is 22.3 Å². The van der Waals surface area contributed by atoms with E-state index in [2.05, 4.69) is 0 Å². The third-order valence-electron chi connectivity index (χ3n) is 3.33. The second-order valence-corrected chi connectivity index (χ2v) is 4.69. The fourth-order valence-corrected chi connectivity index (χ4v) is 2.27. The van der Waals surface area contributed by atoms with E-state index in [0.717, 1.165) is 0 Å². The molecular weight excluding hydrogens is 288 g/mol. The summed E-state index contributed by atoms with van der Waals surface area (Å²) >= 11 is 0. The quantitative estimate of drug-likeness (QED) is 0.543. The van der Waals surface area contributed by atoms with Crippen LogP contribution in [0.2, 0.25) is 0 Å². The summed E-state index contributed by atoms with van der Waals surface area (Å²) in [6.07, 6.45) is 0. The maximum atomic E-state index is 12.0. The minimum atomic E-state index is -0.538. The van der Waals surface area contributed by atoms with Crippen LogP contribution in [0.3, 0.4) is 0 Å². The Morgan fingerprint density at radius 1 is 0.727 bits per heavy atom. The van der Waals surface area contributed by atoms with Gasteiger partial charge in [-0.2, -0.15) is 0 Å². The predicted molar refractivity (Wildman–Crippen MR) is 79.3 cm³/mol.